The highest BCUT2D eigenvalue weighted by atomic mass is 32.1. The number of rotatable bonds is 5. The van der Waals surface area contributed by atoms with Gasteiger partial charge in [0, 0.05) is 17.6 Å². The van der Waals surface area contributed by atoms with E-state index in [1.54, 1.807) is 16.0 Å². The van der Waals surface area contributed by atoms with Crippen LogP contribution < -0.4 is 20.9 Å². The number of nitro benzene ring substituents is 1. The zero-order chi connectivity index (χ0) is 19.7. The third-order valence-electron chi connectivity index (χ3n) is 3.70. The van der Waals surface area contributed by atoms with Gasteiger partial charge in [-0.05, 0) is 0 Å². The summed E-state index contributed by atoms with van der Waals surface area (Å²) < 4.78 is 12.0. The molecular formula is C15H15N7O4S. The van der Waals surface area contributed by atoms with Crippen molar-refractivity contribution in [3.8, 4) is 22.8 Å². The van der Waals surface area contributed by atoms with Gasteiger partial charge >= 0.3 is 0 Å². The molecule has 0 spiro atoms. The molecule has 0 saturated heterocycles. The van der Waals surface area contributed by atoms with Crippen LogP contribution in [0.3, 0.4) is 0 Å². The number of aliphatic imine (C=N–C) groups is 1. The SMILES string of the molecule is COc1cc(-c2nc3sccn3c2/C(N)=N/C(=N)N)c([N+](=O)[O-])cc1OC. The van der Waals surface area contributed by atoms with E-state index in [0.717, 1.165) is 0 Å². The quantitative estimate of drug-likeness (QED) is 0.258. The molecule has 11 nitrogen and oxygen atoms in total. The summed E-state index contributed by atoms with van der Waals surface area (Å²) in [5.41, 5.74) is 11.8. The van der Waals surface area contributed by atoms with Crippen molar-refractivity contribution in [1.29, 1.82) is 5.41 Å². The van der Waals surface area contributed by atoms with Crippen molar-refractivity contribution in [3.05, 3.63) is 39.5 Å². The topological polar surface area (TPSA) is 167 Å². The minimum Gasteiger partial charge on any atom is -0.493 e. The van der Waals surface area contributed by atoms with Gasteiger partial charge in [-0.1, -0.05) is 0 Å². The molecule has 0 radical (unpaired) electrons. The Labute approximate surface area is 156 Å². The van der Waals surface area contributed by atoms with E-state index in [2.05, 4.69) is 9.98 Å². The molecule has 5 N–H and O–H groups in total. The highest BCUT2D eigenvalue weighted by molar-refractivity contribution is 7.15. The molecule has 12 heteroatoms. The van der Waals surface area contributed by atoms with Crippen LogP contribution in [-0.4, -0.2) is 40.3 Å². The van der Waals surface area contributed by atoms with E-state index in [1.807, 2.05) is 0 Å². The van der Waals surface area contributed by atoms with Crippen LogP contribution >= 0.6 is 11.3 Å². The Hall–Kier alpha value is -3.67. The number of hydrogen-bond acceptors (Lipinski definition) is 7. The van der Waals surface area contributed by atoms with Crippen LogP contribution in [0.15, 0.2) is 28.7 Å². The Balaban J connectivity index is 2.37. The molecule has 0 aliphatic rings. The number of nitrogens with zero attached hydrogens (tertiary/aromatic N) is 4. The van der Waals surface area contributed by atoms with Gasteiger partial charge in [0.05, 0.1) is 30.8 Å². The van der Waals surface area contributed by atoms with Gasteiger partial charge in [-0.3, -0.25) is 19.9 Å². The summed E-state index contributed by atoms with van der Waals surface area (Å²) in [6.07, 6.45) is 1.70. The van der Waals surface area contributed by atoms with Gasteiger partial charge in [0.1, 0.15) is 11.4 Å². The summed E-state index contributed by atoms with van der Waals surface area (Å²) in [6, 6.07) is 2.71. The third kappa shape index (κ3) is 3.13. The fourth-order valence-electron chi connectivity index (χ4n) is 2.61. The van der Waals surface area contributed by atoms with E-state index in [0.29, 0.717) is 10.7 Å². The molecule has 3 rings (SSSR count). The van der Waals surface area contributed by atoms with Gasteiger partial charge < -0.3 is 20.9 Å². The lowest BCUT2D eigenvalue weighted by Crippen LogP contribution is -2.21. The molecule has 3 aromatic rings. The maximum Gasteiger partial charge on any atom is 0.282 e. The molecule has 2 heterocycles. The number of amidine groups is 1. The van der Waals surface area contributed by atoms with Crippen LogP contribution in [0, 0.1) is 15.5 Å². The summed E-state index contributed by atoms with van der Waals surface area (Å²) in [7, 11) is 2.81. The number of nitrogens with two attached hydrogens (primary N) is 2. The molecular weight excluding hydrogens is 374 g/mol. The van der Waals surface area contributed by atoms with Crippen LogP contribution in [-0.2, 0) is 0 Å². The normalized spacial score (nSPS) is 11.6. The monoisotopic (exact) mass is 389 g/mol. The number of methoxy groups -OCH3 is 2. The van der Waals surface area contributed by atoms with Crippen molar-refractivity contribution in [3.63, 3.8) is 0 Å². The summed E-state index contributed by atoms with van der Waals surface area (Å²) in [6.45, 7) is 0. The molecule has 140 valence electrons. The first-order valence-corrected chi connectivity index (χ1v) is 8.30. The van der Waals surface area contributed by atoms with Crippen molar-refractivity contribution < 1.29 is 14.4 Å². The lowest BCUT2D eigenvalue weighted by molar-refractivity contribution is -0.384. The molecule has 27 heavy (non-hydrogen) atoms. The van der Waals surface area contributed by atoms with Gasteiger partial charge in [0.15, 0.2) is 22.3 Å². The number of nitro groups is 1. The van der Waals surface area contributed by atoms with Crippen LogP contribution in [0.5, 0.6) is 11.5 Å². The number of benzene rings is 1. The Morgan fingerprint density at radius 2 is 2.00 bits per heavy atom. The van der Waals surface area contributed by atoms with Crippen molar-refractivity contribution in [2.24, 2.45) is 16.5 Å². The van der Waals surface area contributed by atoms with Crippen LogP contribution in [0.4, 0.5) is 5.69 Å². The fourth-order valence-corrected chi connectivity index (χ4v) is 3.32. The Kier molecular flexibility index (Phi) is 4.64. The third-order valence-corrected chi connectivity index (χ3v) is 4.46. The van der Waals surface area contributed by atoms with E-state index < -0.39 is 10.9 Å². The zero-order valence-electron chi connectivity index (χ0n) is 14.3. The average molecular weight is 389 g/mol. The fraction of sp³-hybridized carbons (Fsp3) is 0.133. The molecule has 0 aliphatic carbocycles. The molecule has 0 aliphatic heterocycles. The smallest absolute Gasteiger partial charge is 0.282 e. The first kappa shape index (κ1) is 18.1. The van der Waals surface area contributed by atoms with Gasteiger partial charge in [-0.25, -0.2) is 4.98 Å². The predicted molar refractivity (Wildman–Crippen MR) is 101 cm³/mol. The van der Waals surface area contributed by atoms with E-state index in [9.17, 15) is 10.1 Å². The van der Waals surface area contributed by atoms with Gasteiger partial charge in [-0.2, -0.15) is 4.99 Å². The number of nitrogens with one attached hydrogen (secondary N) is 1. The molecule has 0 fully saturated rings. The minimum atomic E-state index is -0.549. The largest absolute Gasteiger partial charge is 0.493 e. The zero-order valence-corrected chi connectivity index (χ0v) is 15.1. The van der Waals surface area contributed by atoms with E-state index >= 15 is 0 Å². The van der Waals surface area contributed by atoms with E-state index in [4.69, 9.17) is 26.4 Å². The number of fused-ring (bicyclic) bond motifs is 1. The number of hydrogen-bond donors (Lipinski definition) is 3. The van der Waals surface area contributed by atoms with Crippen molar-refractivity contribution >= 4 is 33.8 Å². The minimum absolute atomic E-state index is 0.0903. The highest BCUT2D eigenvalue weighted by Gasteiger charge is 2.27. The standard InChI is InChI=1S/C15H15N7O4S/c1-25-9-5-7(8(22(23)24)6-10(9)26-2)11-12(13(16)20-14(17)18)21-3-4-27-15(21)19-11/h3-6H,1-2H3,(H5,16,17,18,20). The van der Waals surface area contributed by atoms with E-state index in [1.165, 1.54) is 37.7 Å². The van der Waals surface area contributed by atoms with Crippen molar-refractivity contribution in [1.82, 2.24) is 9.38 Å². The van der Waals surface area contributed by atoms with Crippen molar-refractivity contribution in [2.75, 3.05) is 14.2 Å². The second kappa shape index (κ2) is 6.92. The maximum absolute atomic E-state index is 11.6. The number of ether oxygens (including phenoxy) is 2. The molecule has 0 bridgehead atoms. The van der Waals surface area contributed by atoms with Gasteiger partial charge in [-0.15, -0.1) is 11.3 Å². The number of thiazole rings is 1. The van der Waals surface area contributed by atoms with E-state index in [-0.39, 0.29) is 34.2 Å². The number of guanidine groups is 1. The first-order valence-electron chi connectivity index (χ1n) is 7.42. The second-order valence-electron chi connectivity index (χ2n) is 5.23. The lowest BCUT2D eigenvalue weighted by Gasteiger charge is -2.10. The van der Waals surface area contributed by atoms with Gasteiger partial charge in [0.2, 0.25) is 5.96 Å². The van der Waals surface area contributed by atoms with Crippen LogP contribution in [0.1, 0.15) is 5.69 Å². The van der Waals surface area contributed by atoms with Gasteiger partial charge in [0.25, 0.3) is 5.69 Å². The summed E-state index contributed by atoms with van der Waals surface area (Å²) in [5, 5.41) is 20.8. The summed E-state index contributed by atoms with van der Waals surface area (Å²) in [5.74, 6) is -0.0821. The predicted octanol–water partition coefficient (Wildman–Crippen LogP) is 1.59. The van der Waals surface area contributed by atoms with Crippen molar-refractivity contribution in [2.45, 2.75) is 0 Å². The summed E-state index contributed by atoms with van der Waals surface area (Å²) >= 11 is 1.32. The summed E-state index contributed by atoms with van der Waals surface area (Å²) in [4.78, 5) is 19.8. The first-order chi connectivity index (χ1) is 12.9. The second-order valence-corrected chi connectivity index (χ2v) is 6.10. The molecule has 1 aromatic carbocycles. The highest BCUT2D eigenvalue weighted by Crippen LogP contribution is 2.41. The Morgan fingerprint density at radius 1 is 1.33 bits per heavy atom. The Morgan fingerprint density at radius 3 is 2.59 bits per heavy atom. The molecule has 0 saturated carbocycles. The number of imidazole rings is 1. The average Bonchev–Trinajstić information content (AvgIpc) is 3.20. The lowest BCUT2D eigenvalue weighted by atomic mass is 10.1. The molecule has 0 amide bonds. The molecule has 2 aromatic heterocycles. The Bertz CT molecular complexity index is 1090. The number of aromatic nitrogens is 2. The van der Waals surface area contributed by atoms with Crippen LogP contribution in [0.25, 0.3) is 16.2 Å². The molecule has 0 unspecified atom stereocenters. The maximum atomic E-state index is 11.6. The van der Waals surface area contributed by atoms with Crippen LogP contribution in [0.2, 0.25) is 0 Å². The molecule has 0 atom stereocenters.